The highest BCUT2D eigenvalue weighted by atomic mass is 35.5. The molecule has 1 rings (SSSR count). The van der Waals surface area contributed by atoms with Gasteiger partial charge in [0.1, 0.15) is 30.6 Å². The summed E-state index contributed by atoms with van der Waals surface area (Å²) in [6.07, 6.45) is -5.31. The molecule has 4 N–H and O–H groups in total. The first kappa shape index (κ1) is 15.0. The van der Waals surface area contributed by atoms with Gasteiger partial charge in [-0.1, -0.05) is 0 Å². The molecular formula is C8H18ClNO5. The van der Waals surface area contributed by atoms with Crippen LogP contribution in [0.4, 0.5) is 0 Å². The van der Waals surface area contributed by atoms with Crippen molar-refractivity contribution < 1.29 is 25.2 Å². The van der Waals surface area contributed by atoms with Crippen LogP contribution in [0.2, 0.25) is 0 Å². The summed E-state index contributed by atoms with van der Waals surface area (Å²) in [5, 5.41) is 37.2. The Labute approximate surface area is 94.5 Å². The van der Waals surface area contributed by atoms with Crippen molar-refractivity contribution in [2.45, 2.75) is 30.6 Å². The van der Waals surface area contributed by atoms with Gasteiger partial charge in [-0.2, -0.15) is 0 Å². The Balaban J connectivity index is 0.00000196. The van der Waals surface area contributed by atoms with Gasteiger partial charge < -0.3 is 25.2 Å². The van der Waals surface area contributed by atoms with Crippen molar-refractivity contribution in [2.75, 3.05) is 20.7 Å². The third-order valence-corrected chi connectivity index (χ3v) is 2.38. The Morgan fingerprint density at radius 3 is 2.00 bits per heavy atom. The predicted octanol–water partition coefficient (Wildman–Crippen LogP) is -2.23. The molecule has 0 unspecified atom stereocenters. The molecule has 0 aromatic heterocycles. The lowest BCUT2D eigenvalue weighted by molar-refractivity contribution is -0.258. The minimum absolute atomic E-state index is 0. The van der Waals surface area contributed by atoms with E-state index in [1.54, 1.807) is 19.0 Å². The van der Waals surface area contributed by atoms with Gasteiger partial charge in [0.15, 0.2) is 0 Å². The molecule has 0 bridgehead atoms. The van der Waals surface area contributed by atoms with Crippen LogP contribution in [0.1, 0.15) is 0 Å². The van der Waals surface area contributed by atoms with Crippen molar-refractivity contribution in [3.63, 3.8) is 0 Å². The molecule has 1 aliphatic heterocycles. The molecule has 0 saturated carbocycles. The van der Waals surface area contributed by atoms with Crippen molar-refractivity contribution in [3.8, 4) is 0 Å². The number of aliphatic hydroxyl groups excluding tert-OH is 4. The van der Waals surface area contributed by atoms with Crippen molar-refractivity contribution >= 4 is 12.4 Å². The minimum atomic E-state index is -1.30. The highest BCUT2D eigenvalue weighted by Gasteiger charge is 2.44. The number of nitrogens with zero attached hydrogens (tertiary/aromatic N) is 1. The fourth-order valence-electron chi connectivity index (χ4n) is 1.51. The van der Waals surface area contributed by atoms with Gasteiger partial charge in [-0.05, 0) is 14.1 Å². The Hall–Kier alpha value is 0.0500. The molecule has 15 heavy (non-hydrogen) atoms. The second kappa shape index (κ2) is 5.95. The van der Waals surface area contributed by atoms with Gasteiger partial charge in [-0.25, -0.2) is 0 Å². The molecule has 6 nitrogen and oxygen atoms in total. The lowest BCUT2D eigenvalue weighted by atomic mass is 9.98. The average molecular weight is 244 g/mol. The summed E-state index contributed by atoms with van der Waals surface area (Å²) >= 11 is 0. The Bertz CT molecular complexity index is 192. The molecule has 92 valence electrons. The summed E-state index contributed by atoms with van der Waals surface area (Å²) in [6, 6.07) is 0. The summed E-state index contributed by atoms with van der Waals surface area (Å²) in [5.41, 5.74) is 0. The number of likely N-dealkylation sites (N-methyl/N-ethyl adjacent to an activating group) is 1. The van der Waals surface area contributed by atoms with Crippen molar-refractivity contribution in [3.05, 3.63) is 0 Å². The molecule has 5 atom stereocenters. The molecule has 0 spiro atoms. The number of halogens is 1. The molecule has 7 heteroatoms. The highest BCUT2D eigenvalue weighted by molar-refractivity contribution is 5.85. The highest BCUT2D eigenvalue weighted by Crippen LogP contribution is 2.21. The zero-order valence-corrected chi connectivity index (χ0v) is 9.46. The van der Waals surface area contributed by atoms with Crippen molar-refractivity contribution in [1.82, 2.24) is 4.90 Å². The maximum atomic E-state index is 9.53. The normalized spacial score (nSPS) is 41.4. The van der Waals surface area contributed by atoms with Gasteiger partial charge >= 0.3 is 0 Å². The minimum Gasteiger partial charge on any atom is -0.394 e. The van der Waals surface area contributed by atoms with Crippen LogP contribution in [0.25, 0.3) is 0 Å². The van der Waals surface area contributed by atoms with Gasteiger partial charge in [0.05, 0.1) is 6.61 Å². The van der Waals surface area contributed by atoms with Crippen LogP contribution in [0.3, 0.4) is 0 Å². The Morgan fingerprint density at radius 2 is 1.60 bits per heavy atom. The van der Waals surface area contributed by atoms with Crippen LogP contribution >= 0.6 is 12.4 Å². The Morgan fingerprint density at radius 1 is 1.07 bits per heavy atom. The van der Waals surface area contributed by atoms with E-state index >= 15 is 0 Å². The number of hydrogen-bond donors (Lipinski definition) is 4. The standard InChI is InChI=1S/C8H17NO5.ClH/c1-9(2)8-7(13)6(12)5(11)4(3-10)14-8;/h4-8,10-13H,3H2,1-2H3;1H/t4-,5-,6+,7-,8-;/m1./s1. The predicted molar refractivity (Wildman–Crippen MR) is 54.7 cm³/mol. The largest absolute Gasteiger partial charge is 0.394 e. The number of hydrogen-bond acceptors (Lipinski definition) is 6. The zero-order valence-electron chi connectivity index (χ0n) is 8.65. The third kappa shape index (κ3) is 3.01. The quantitative estimate of drug-likeness (QED) is 0.439. The van der Waals surface area contributed by atoms with E-state index in [1.165, 1.54) is 0 Å². The molecular weight excluding hydrogens is 226 g/mol. The average Bonchev–Trinajstić information content (AvgIpc) is 2.14. The SMILES string of the molecule is CN(C)[C@@H]1O[C@H](CO)[C@@H](O)[C@H](O)[C@H]1O.Cl. The van der Waals surface area contributed by atoms with Gasteiger partial charge in [-0.15, -0.1) is 12.4 Å². The van der Waals surface area contributed by atoms with E-state index in [4.69, 9.17) is 9.84 Å². The second-order valence-electron chi connectivity index (χ2n) is 3.68. The molecule has 0 aliphatic carbocycles. The molecule has 0 aromatic rings. The molecule has 0 aromatic carbocycles. The summed E-state index contributed by atoms with van der Waals surface area (Å²) in [4.78, 5) is 1.57. The van der Waals surface area contributed by atoms with Gasteiger partial charge in [0.2, 0.25) is 0 Å². The van der Waals surface area contributed by atoms with E-state index in [9.17, 15) is 15.3 Å². The van der Waals surface area contributed by atoms with Crippen LogP contribution in [0.15, 0.2) is 0 Å². The number of aliphatic hydroxyl groups is 4. The Kier molecular flexibility index (Phi) is 5.97. The number of rotatable bonds is 2. The topological polar surface area (TPSA) is 93.4 Å². The first-order chi connectivity index (χ1) is 6.49. The van der Waals surface area contributed by atoms with Gasteiger partial charge in [0, 0.05) is 0 Å². The summed E-state index contributed by atoms with van der Waals surface area (Å²) in [7, 11) is 3.35. The lowest BCUT2D eigenvalue weighted by Crippen LogP contribution is -2.62. The molecule has 0 radical (unpaired) electrons. The lowest BCUT2D eigenvalue weighted by Gasteiger charge is -2.42. The molecule has 1 heterocycles. The summed E-state index contributed by atoms with van der Waals surface area (Å²) in [6.45, 7) is -0.394. The van der Waals surface area contributed by atoms with E-state index in [1.807, 2.05) is 0 Å². The van der Waals surface area contributed by atoms with Crippen molar-refractivity contribution in [1.29, 1.82) is 0 Å². The first-order valence-electron chi connectivity index (χ1n) is 4.46. The van der Waals surface area contributed by atoms with Crippen LogP contribution in [-0.2, 0) is 4.74 Å². The molecule has 1 saturated heterocycles. The van der Waals surface area contributed by atoms with E-state index in [-0.39, 0.29) is 12.4 Å². The summed E-state index contributed by atoms with van der Waals surface area (Å²) in [5.74, 6) is 0. The van der Waals surface area contributed by atoms with E-state index in [0.29, 0.717) is 0 Å². The molecule has 1 aliphatic rings. The van der Waals surface area contributed by atoms with Crippen LogP contribution in [0.5, 0.6) is 0 Å². The van der Waals surface area contributed by atoms with Gasteiger partial charge in [-0.3, -0.25) is 4.90 Å². The summed E-state index contributed by atoms with van der Waals surface area (Å²) < 4.78 is 5.21. The maximum absolute atomic E-state index is 9.53. The smallest absolute Gasteiger partial charge is 0.139 e. The first-order valence-corrected chi connectivity index (χ1v) is 4.46. The molecule has 1 fully saturated rings. The van der Waals surface area contributed by atoms with E-state index in [0.717, 1.165) is 0 Å². The third-order valence-electron chi connectivity index (χ3n) is 2.38. The fraction of sp³-hybridized carbons (Fsp3) is 1.00. The fourth-order valence-corrected chi connectivity index (χ4v) is 1.51. The maximum Gasteiger partial charge on any atom is 0.139 e. The van der Waals surface area contributed by atoms with E-state index in [2.05, 4.69) is 0 Å². The van der Waals surface area contributed by atoms with Crippen molar-refractivity contribution in [2.24, 2.45) is 0 Å². The van der Waals surface area contributed by atoms with Crippen LogP contribution < -0.4 is 0 Å². The second-order valence-corrected chi connectivity index (χ2v) is 3.68. The van der Waals surface area contributed by atoms with Crippen LogP contribution in [-0.4, -0.2) is 76.7 Å². The van der Waals surface area contributed by atoms with E-state index < -0.39 is 37.3 Å². The molecule has 0 amide bonds. The monoisotopic (exact) mass is 243 g/mol. The number of ether oxygens (including phenoxy) is 1. The zero-order chi connectivity index (χ0) is 10.9. The van der Waals surface area contributed by atoms with Gasteiger partial charge in [0.25, 0.3) is 0 Å². The van der Waals surface area contributed by atoms with Crippen LogP contribution in [0, 0.1) is 0 Å².